The van der Waals surface area contributed by atoms with E-state index in [4.69, 9.17) is 0 Å². The van der Waals surface area contributed by atoms with Crippen LogP contribution in [0.4, 0.5) is 0 Å². The molecule has 2 unspecified atom stereocenters. The van der Waals surface area contributed by atoms with E-state index in [1.807, 2.05) is 13.8 Å². The number of hydrogen-bond acceptors (Lipinski definition) is 9. The van der Waals surface area contributed by atoms with Gasteiger partial charge in [-0.05, 0) is 49.9 Å². The Morgan fingerprint density at radius 3 is 1.51 bits per heavy atom. The highest BCUT2D eigenvalue weighted by Gasteiger charge is 2.67. The van der Waals surface area contributed by atoms with Crippen molar-refractivity contribution in [3.63, 3.8) is 0 Å². The van der Waals surface area contributed by atoms with Gasteiger partial charge in [0.25, 0.3) is 3.91 Å². The molecule has 4 aliphatic rings. The summed E-state index contributed by atoms with van der Waals surface area (Å²) in [5, 5.41) is -2.53. The largest absolute Gasteiger partial charge is 0.300 e. The lowest BCUT2D eigenvalue weighted by molar-refractivity contribution is -0.128. The van der Waals surface area contributed by atoms with Crippen LogP contribution in [0.2, 0.25) is 0 Å². The van der Waals surface area contributed by atoms with E-state index in [0.717, 1.165) is 0 Å². The van der Waals surface area contributed by atoms with Crippen LogP contribution in [0, 0.1) is 16.7 Å². The molecule has 198 valence electrons. The molecule has 4 fully saturated rings. The maximum Gasteiger partial charge on any atom is 0.263 e. The molecule has 12 heteroatoms. The van der Waals surface area contributed by atoms with Crippen molar-refractivity contribution in [1.29, 1.82) is 0 Å². The van der Waals surface area contributed by atoms with Crippen LogP contribution in [0.25, 0.3) is 0 Å². The number of sulfone groups is 3. The van der Waals surface area contributed by atoms with Gasteiger partial charge >= 0.3 is 0 Å². The number of carbonyl (C=O) groups excluding carboxylic acids is 3. The van der Waals surface area contributed by atoms with E-state index in [1.54, 1.807) is 0 Å². The summed E-state index contributed by atoms with van der Waals surface area (Å²) in [5.74, 6) is -1.37. The standard InChI is InChI=1S/C23H34O9S3/c1-22(2)15-11-12-23(22,20(26)13-15)14-33(27,28)21(34(29,30)18-7-3-16(24)4-8-18)35(31,32)19-9-5-17(25)6-10-19/h15,18-19,21H,3-14H2,1-2H3. The van der Waals surface area contributed by atoms with Crippen molar-refractivity contribution in [2.24, 2.45) is 16.7 Å². The average molecular weight is 551 g/mol. The predicted octanol–water partition coefficient (Wildman–Crippen LogP) is 1.93. The Balaban J connectivity index is 1.79. The zero-order valence-corrected chi connectivity index (χ0v) is 22.6. The molecule has 0 aromatic rings. The van der Waals surface area contributed by atoms with Gasteiger partial charge in [0.2, 0.25) is 0 Å². The van der Waals surface area contributed by atoms with E-state index in [-0.39, 0.29) is 87.5 Å². The van der Waals surface area contributed by atoms with Crippen molar-refractivity contribution in [3.8, 4) is 0 Å². The van der Waals surface area contributed by atoms with Gasteiger partial charge in [-0.2, -0.15) is 0 Å². The first kappa shape index (κ1) is 26.9. The Hall–Kier alpha value is -1.14. The monoisotopic (exact) mass is 550 g/mol. The molecule has 0 aromatic heterocycles. The first-order chi connectivity index (χ1) is 16.1. The van der Waals surface area contributed by atoms with E-state index in [0.29, 0.717) is 6.42 Å². The Kier molecular flexibility index (Phi) is 6.70. The molecule has 4 rings (SSSR count). The van der Waals surface area contributed by atoms with Crippen LogP contribution in [0.15, 0.2) is 0 Å². The zero-order chi connectivity index (χ0) is 26.0. The van der Waals surface area contributed by atoms with Crippen LogP contribution in [0.3, 0.4) is 0 Å². The molecule has 0 aromatic carbocycles. The first-order valence-corrected chi connectivity index (χ1v) is 17.2. The number of hydrogen-bond donors (Lipinski definition) is 0. The topological polar surface area (TPSA) is 154 Å². The average Bonchev–Trinajstić information content (AvgIpc) is 3.07. The van der Waals surface area contributed by atoms with Crippen molar-refractivity contribution >= 4 is 46.9 Å². The minimum absolute atomic E-state index is 0.0226. The summed E-state index contributed by atoms with van der Waals surface area (Å²) in [5.41, 5.74) is -2.01. The van der Waals surface area contributed by atoms with Gasteiger partial charge < -0.3 is 0 Å². The summed E-state index contributed by atoms with van der Waals surface area (Å²) >= 11 is 0. The number of Topliss-reactive ketones (excluding diaryl/α,β-unsaturated/α-hetero) is 3. The minimum Gasteiger partial charge on any atom is -0.300 e. The van der Waals surface area contributed by atoms with E-state index in [9.17, 15) is 39.6 Å². The Labute approximate surface area is 207 Å². The molecule has 0 spiro atoms. The van der Waals surface area contributed by atoms with Crippen LogP contribution < -0.4 is 0 Å². The zero-order valence-electron chi connectivity index (χ0n) is 20.2. The highest BCUT2D eigenvalue weighted by Crippen LogP contribution is 2.64. The molecule has 2 atom stereocenters. The summed E-state index contributed by atoms with van der Waals surface area (Å²) < 4.78 is 80.4. The normalized spacial score (nSPS) is 30.9. The molecule has 35 heavy (non-hydrogen) atoms. The van der Waals surface area contributed by atoms with Crippen LogP contribution >= 0.6 is 0 Å². The third kappa shape index (κ3) is 4.24. The van der Waals surface area contributed by atoms with Crippen LogP contribution in [-0.2, 0) is 43.9 Å². The fourth-order valence-electron chi connectivity index (χ4n) is 6.91. The number of rotatable bonds is 7. The molecule has 4 saturated carbocycles. The lowest BCUT2D eigenvalue weighted by Gasteiger charge is -2.38. The second-order valence-electron chi connectivity index (χ2n) is 11.4. The van der Waals surface area contributed by atoms with Gasteiger partial charge in [-0.15, -0.1) is 0 Å². The summed E-state index contributed by atoms with van der Waals surface area (Å²) in [7, 11) is -14.4. The van der Waals surface area contributed by atoms with Crippen molar-refractivity contribution in [2.75, 3.05) is 5.75 Å². The van der Waals surface area contributed by atoms with E-state index < -0.39 is 60.5 Å². The molecule has 0 N–H and O–H groups in total. The summed E-state index contributed by atoms with van der Waals surface area (Å²) in [6, 6.07) is 0. The van der Waals surface area contributed by atoms with Crippen LogP contribution in [-0.4, -0.2) is 62.8 Å². The third-order valence-electron chi connectivity index (χ3n) is 9.33. The molecule has 0 radical (unpaired) electrons. The van der Waals surface area contributed by atoms with Gasteiger partial charge in [-0.25, -0.2) is 25.3 Å². The first-order valence-electron chi connectivity index (χ1n) is 12.3. The van der Waals surface area contributed by atoms with E-state index >= 15 is 0 Å². The molecular weight excluding hydrogens is 516 g/mol. The molecule has 0 heterocycles. The molecule has 0 saturated heterocycles. The Morgan fingerprint density at radius 2 is 1.17 bits per heavy atom. The van der Waals surface area contributed by atoms with Gasteiger partial charge in [0, 0.05) is 37.5 Å². The SMILES string of the molecule is CC1(C)C2CCC1(CS(=O)(=O)C(S(=O)(=O)C1CCC(=O)CC1)S(=O)(=O)C1CCC(=O)CC1)C(=O)C2. The van der Waals surface area contributed by atoms with Crippen LogP contribution in [0.5, 0.6) is 0 Å². The maximum absolute atomic E-state index is 14.0. The summed E-state index contributed by atoms with van der Waals surface area (Å²) in [6.07, 6.45) is 0.441. The predicted molar refractivity (Wildman–Crippen MR) is 129 cm³/mol. The fourth-order valence-corrected chi connectivity index (χ4v) is 17.9. The van der Waals surface area contributed by atoms with Crippen molar-refractivity contribution < 1.29 is 39.6 Å². The van der Waals surface area contributed by atoms with Gasteiger partial charge in [0.15, 0.2) is 29.5 Å². The lowest BCUT2D eigenvalue weighted by atomic mass is 9.70. The molecule has 0 aliphatic heterocycles. The Morgan fingerprint density at radius 1 is 0.743 bits per heavy atom. The summed E-state index contributed by atoms with van der Waals surface area (Å²) in [6.45, 7) is 3.62. The molecule has 4 aliphatic carbocycles. The quantitative estimate of drug-likeness (QED) is 0.462. The smallest absolute Gasteiger partial charge is 0.263 e. The molecular formula is C23H34O9S3. The fraction of sp³-hybridized carbons (Fsp3) is 0.870. The molecule has 0 amide bonds. The minimum atomic E-state index is -4.86. The number of carbonyl (C=O) groups is 3. The summed E-state index contributed by atoms with van der Waals surface area (Å²) in [4.78, 5) is 36.4. The van der Waals surface area contributed by atoms with E-state index in [1.165, 1.54) is 0 Å². The highest BCUT2D eigenvalue weighted by molar-refractivity contribution is 8.24. The van der Waals surface area contributed by atoms with Gasteiger partial charge in [-0.1, -0.05) is 13.8 Å². The van der Waals surface area contributed by atoms with Crippen molar-refractivity contribution in [1.82, 2.24) is 0 Å². The van der Waals surface area contributed by atoms with Crippen LogP contribution in [0.1, 0.15) is 84.5 Å². The number of fused-ring (bicyclic) bond motifs is 2. The molecule has 2 bridgehead atoms. The van der Waals surface area contributed by atoms with Crippen molar-refractivity contribution in [2.45, 2.75) is 98.9 Å². The van der Waals surface area contributed by atoms with Gasteiger partial charge in [0.1, 0.15) is 17.3 Å². The van der Waals surface area contributed by atoms with E-state index in [2.05, 4.69) is 0 Å². The van der Waals surface area contributed by atoms with Crippen molar-refractivity contribution in [3.05, 3.63) is 0 Å². The number of ketones is 3. The maximum atomic E-state index is 14.0. The third-order valence-corrected chi connectivity index (χ3v) is 19.7. The van der Waals surface area contributed by atoms with Gasteiger partial charge in [-0.3, -0.25) is 14.4 Å². The highest BCUT2D eigenvalue weighted by atomic mass is 32.3. The molecule has 9 nitrogen and oxygen atoms in total. The lowest BCUT2D eigenvalue weighted by Crippen LogP contribution is -2.52. The second kappa shape index (κ2) is 8.72. The Bertz CT molecular complexity index is 1180. The second-order valence-corrected chi connectivity index (χ2v) is 19.0. The van der Waals surface area contributed by atoms with Gasteiger partial charge in [0.05, 0.1) is 16.3 Å².